The van der Waals surface area contributed by atoms with Crippen LogP contribution in [0.4, 0.5) is 15.6 Å². The van der Waals surface area contributed by atoms with Crippen LogP contribution in [0.1, 0.15) is 41.6 Å². The molecule has 1 aliphatic rings. The quantitative estimate of drug-likeness (QED) is 0.823. The Morgan fingerprint density at radius 2 is 2.04 bits per heavy atom. The highest BCUT2D eigenvalue weighted by Crippen LogP contribution is 2.31. The van der Waals surface area contributed by atoms with Gasteiger partial charge in [0.05, 0.1) is 5.69 Å². The molecule has 3 rings (SSSR count). The molecular formula is C17H18N3O2S. The lowest BCUT2D eigenvalue weighted by Gasteiger charge is -2.14. The van der Waals surface area contributed by atoms with E-state index < -0.39 is 6.03 Å². The molecule has 0 spiro atoms. The van der Waals surface area contributed by atoms with E-state index in [4.69, 9.17) is 0 Å². The topological polar surface area (TPSA) is 71.1 Å². The number of rotatable bonds is 4. The van der Waals surface area contributed by atoms with Gasteiger partial charge in [0.1, 0.15) is 6.20 Å². The molecule has 1 aromatic carbocycles. The third-order valence-corrected chi connectivity index (χ3v) is 4.66. The van der Waals surface area contributed by atoms with Gasteiger partial charge in [0.25, 0.3) is 0 Å². The number of carbonyl (C=O) groups is 2. The maximum absolute atomic E-state index is 12.7. The van der Waals surface area contributed by atoms with Crippen molar-refractivity contribution >= 4 is 34.0 Å². The zero-order valence-corrected chi connectivity index (χ0v) is 13.7. The number of urea groups is 1. The Labute approximate surface area is 139 Å². The second kappa shape index (κ2) is 6.91. The number of hydrogen-bond acceptors (Lipinski definition) is 4. The highest BCUT2D eigenvalue weighted by atomic mass is 32.1. The third-order valence-electron chi connectivity index (χ3n) is 4.02. The average Bonchev–Trinajstić information content (AvgIpc) is 3.21. The van der Waals surface area contributed by atoms with E-state index in [1.54, 1.807) is 11.4 Å². The van der Waals surface area contributed by atoms with Gasteiger partial charge in [-0.3, -0.25) is 10.1 Å². The summed E-state index contributed by atoms with van der Waals surface area (Å²) >= 11 is 1.29. The molecule has 1 fully saturated rings. The van der Waals surface area contributed by atoms with Crippen molar-refractivity contribution in [2.75, 3.05) is 10.6 Å². The maximum Gasteiger partial charge on any atom is 0.325 e. The van der Waals surface area contributed by atoms with E-state index in [0.717, 1.165) is 31.2 Å². The molecule has 0 atom stereocenters. The van der Waals surface area contributed by atoms with Crippen LogP contribution >= 0.6 is 11.3 Å². The number of nitrogens with zero attached hydrogens (tertiary/aromatic N) is 1. The molecule has 1 aliphatic carbocycles. The molecule has 0 bridgehead atoms. The first kappa shape index (κ1) is 15.7. The third kappa shape index (κ3) is 3.76. The highest BCUT2D eigenvalue weighted by molar-refractivity contribution is 7.13. The number of amides is 2. The van der Waals surface area contributed by atoms with Crippen LogP contribution in [0.2, 0.25) is 0 Å². The molecule has 2 N–H and O–H groups in total. The summed E-state index contributed by atoms with van der Waals surface area (Å²) in [6, 6.07) is 5.12. The Morgan fingerprint density at radius 1 is 1.26 bits per heavy atom. The molecule has 119 valence electrons. The van der Waals surface area contributed by atoms with E-state index in [1.807, 2.05) is 19.1 Å². The Balaban J connectivity index is 1.78. The second-order valence-corrected chi connectivity index (χ2v) is 6.61. The lowest BCUT2D eigenvalue weighted by atomic mass is 9.94. The molecule has 1 radical (unpaired) electrons. The molecule has 23 heavy (non-hydrogen) atoms. The highest BCUT2D eigenvalue weighted by Gasteiger charge is 2.26. The van der Waals surface area contributed by atoms with Crippen LogP contribution in [0.25, 0.3) is 0 Å². The van der Waals surface area contributed by atoms with E-state index in [0.29, 0.717) is 16.4 Å². The van der Waals surface area contributed by atoms with Gasteiger partial charge in [-0.25, -0.2) is 9.78 Å². The van der Waals surface area contributed by atoms with Crippen molar-refractivity contribution in [1.29, 1.82) is 0 Å². The Morgan fingerprint density at radius 3 is 2.74 bits per heavy atom. The number of hydrogen-bond donors (Lipinski definition) is 2. The molecule has 0 aliphatic heterocycles. The van der Waals surface area contributed by atoms with Gasteiger partial charge >= 0.3 is 6.03 Å². The molecule has 1 aromatic heterocycles. The van der Waals surface area contributed by atoms with Crippen LogP contribution in [0.3, 0.4) is 0 Å². The second-order valence-electron chi connectivity index (χ2n) is 5.76. The number of carbonyl (C=O) groups excluding carboxylic acids is 2. The standard InChI is InChI=1S/C17H18N3O2S/c1-11-6-7-14(19-16(22)20-17-18-8-9-23-17)13(10-11)15(21)12-4-2-3-5-12/h6-7,9-10,12H,2-5H2,1H3,(H2,18,19,20,22). The van der Waals surface area contributed by atoms with Crippen molar-refractivity contribution in [1.82, 2.24) is 4.98 Å². The molecule has 0 saturated heterocycles. The summed E-state index contributed by atoms with van der Waals surface area (Å²) in [6.45, 7) is 1.95. The van der Waals surface area contributed by atoms with E-state index in [9.17, 15) is 9.59 Å². The molecule has 1 saturated carbocycles. The fraction of sp³-hybridized carbons (Fsp3) is 0.353. The van der Waals surface area contributed by atoms with Crippen molar-refractivity contribution < 1.29 is 9.59 Å². The number of ketones is 1. The monoisotopic (exact) mass is 328 g/mol. The minimum Gasteiger partial charge on any atom is -0.307 e. The van der Waals surface area contributed by atoms with E-state index in [1.165, 1.54) is 11.3 Å². The summed E-state index contributed by atoms with van der Waals surface area (Å²) in [5.41, 5.74) is 2.15. The fourth-order valence-corrected chi connectivity index (χ4v) is 3.35. The molecular weight excluding hydrogens is 310 g/mol. The van der Waals surface area contributed by atoms with Gasteiger partial charge in [-0.05, 0) is 31.9 Å². The number of benzene rings is 1. The van der Waals surface area contributed by atoms with E-state index in [2.05, 4.69) is 21.8 Å². The number of nitrogens with one attached hydrogen (secondary N) is 2. The first-order valence-corrected chi connectivity index (χ1v) is 8.56. The molecule has 5 nitrogen and oxygen atoms in total. The molecule has 2 amide bonds. The summed E-state index contributed by atoms with van der Waals surface area (Å²) in [5, 5.41) is 7.53. The van der Waals surface area contributed by atoms with Crippen LogP contribution in [0.15, 0.2) is 23.6 Å². The molecule has 6 heteroatoms. The number of Topliss-reactive ketones (excluding diaryl/α,β-unsaturated/α-hetero) is 1. The summed E-state index contributed by atoms with van der Waals surface area (Å²) in [6.07, 6.45) is 6.73. The number of thiazole rings is 1. The van der Waals surface area contributed by atoms with Gasteiger partial charge in [0.2, 0.25) is 0 Å². The maximum atomic E-state index is 12.7. The van der Waals surface area contributed by atoms with Gasteiger partial charge < -0.3 is 5.32 Å². The van der Waals surface area contributed by atoms with Gasteiger partial charge in [-0.15, -0.1) is 11.3 Å². The predicted molar refractivity (Wildman–Crippen MR) is 91.1 cm³/mol. The Kier molecular flexibility index (Phi) is 4.71. The van der Waals surface area contributed by atoms with Gasteiger partial charge in [-0.2, -0.15) is 0 Å². The number of aromatic nitrogens is 1. The molecule has 0 unspecified atom stereocenters. The van der Waals surface area contributed by atoms with Crippen molar-refractivity contribution in [2.45, 2.75) is 32.6 Å². The van der Waals surface area contributed by atoms with E-state index >= 15 is 0 Å². The van der Waals surface area contributed by atoms with Crippen LogP contribution < -0.4 is 10.6 Å². The van der Waals surface area contributed by atoms with Gasteiger partial charge in [0.15, 0.2) is 10.9 Å². The minimum absolute atomic E-state index is 0.0778. The van der Waals surface area contributed by atoms with Crippen molar-refractivity contribution in [3.05, 3.63) is 40.9 Å². The summed E-state index contributed by atoms with van der Waals surface area (Å²) in [7, 11) is 0. The number of anilines is 2. The first-order valence-electron chi connectivity index (χ1n) is 7.68. The van der Waals surface area contributed by atoms with Crippen molar-refractivity contribution in [2.24, 2.45) is 5.92 Å². The normalized spacial score (nSPS) is 14.7. The fourth-order valence-electron chi connectivity index (χ4n) is 2.88. The smallest absolute Gasteiger partial charge is 0.307 e. The summed E-state index contributed by atoms with van der Waals surface area (Å²) in [5.74, 6) is 0.207. The lowest BCUT2D eigenvalue weighted by molar-refractivity contribution is 0.0923. The zero-order chi connectivity index (χ0) is 16.2. The lowest BCUT2D eigenvalue weighted by Crippen LogP contribution is -2.22. The van der Waals surface area contributed by atoms with Crippen LogP contribution in [-0.4, -0.2) is 16.8 Å². The minimum atomic E-state index is -0.405. The average molecular weight is 328 g/mol. The van der Waals surface area contributed by atoms with E-state index in [-0.39, 0.29) is 11.7 Å². The van der Waals surface area contributed by atoms with Gasteiger partial charge in [-0.1, -0.05) is 24.5 Å². The summed E-state index contributed by atoms with van der Waals surface area (Å²) in [4.78, 5) is 28.7. The Bertz CT molecular complexity index is 707. The molecule has 2 aromatic rings. The first-order chi connectivity index (χ1) is 11.1. The SMILES string of the molecule is Cc1ccc(NC(=O)Nc2n[c]cs2)c(C(=O)C2CCCC2)c1. The van der Waals surface area contributed by atoms with Crippen LogP contribution in [0, 0.1) is 19.0 Å². The molecule has 1 heterocycles. The Hall–Kier alpha value is -2.21. The zero-order valence-electron chi connectivity index (χ0n) is 12.9. The van der Waals surface area contributed by atoms with Crippen LogP contribution in [-0.2, 0) is 0 Å². The van der Waals surface area contributed by atoms with Crippen molar-refractivity contribution in [3.8, 4) is 0 Å². The van der Waals surface area contributed by atoms with Crippen molar-refractivity contribution in [3.63, 3.8) is 0 Å². The number of aryl methyl sites for hydroxylation is 1. The summed E-state index contributed by atoms with van der Waals surface area (Å²) < 4.78 is 0. The predicted octanol–water partition coefficient (Wildman–Crippen LogP) is 4.27. The largest absolute Gasteiger partial charge is 0.325 e. The van der Waals surface area contributed by atoms with Crippen LogP contribution in [0.5, 0.6) is 0 Å². The van der Waals surface area contributed by atoms with Gasteiger partial charge in [0, 0.05) is 16.9 Å².